The molecule has 0 unspecified atom stereocenters. The number of nitrogens with zero attached hydrogens (tertiary/aromatic N) is 5. The predicted molar refractivity (Wildman–Crippen MR) is 117 cm³/mol. The lowest BCUT2D eigenvalue weighted by atomic mass is 10.1. The number of nitrogens with two attached hydrogens (primary N) is 1. The highest BCUT2D eigenvalue weighted by Gasteiger charge is 2.19. The number of hydrogen-bond donors (Lipinski definition) is 2. The van der Waals surface area contributed by atoms with Crippen molar-refractivity contribution in [3.8, 4) is 0 Å². The van der Waals surface area contributed by atoms with E-state index in [0.29, 0.717) is 18.3 Å². The minimum absolute atomic E-state index is 0.210. The maximum Gasteiger partial charge on any atom is 0.232 e. The van der Waals surface area contributed by atoms with Crippen molar-refractivity contribution in [1.29, 1.82) is 0 Å². The van der Waals surface area contributed by atoms with Crippen LogP contribution in [0.2, 0.25) is 0 Å². The number of benzene rings is 2. The number of nitrogens with one attached hydrogen (secondary N) is 1. The zero-order valence-corrected chi connectivity index (χ0v) is 17.1. The van der Waals surface area contributed by atoms with Gasteiger partial charge < -0.3 is 16.0 Å². The molecule has 0 atom stereocenters. The fraction of sp³-hybridized carbons (Fsp3) is 0.318. The first-order valence-corrected chi connectivity index (χ1v) is 10.2. The molecular weight excluding hydrogens is 381 g/mol. The highest BCUT2D eigenvalue weighted by Crippen LogP contribution is 2.20. The first kappa shape index (κ1) is 20.0. The molecule has 1 aromatic heterocycles. The molecule has 8 heteroatoms. The summed E-state index contributed by atoms with van der Waals surface area (Å²) in [6.07, 6.45) is 0.912. The third-order valence-electron chi connectivity index (χ3n) is 5.27. The molecule has 30 heavy (non-hydrogen) atoms. The van der Waals surface area contributed by atoms with Gasteiger partial charge in [-0.25, -0.2) is 4.39 Å². The van der Waals surface area contributed by atoms with Gasteiger partial charge in [-0.2, -0.15) is 15.0 Å². The summed E-state index contributed by atoms with van der Waals surface area (Å²) in [4.78, 5) is 17.7. The van der Waals surface area contributed by atoms with Gasteiger partial charge in [0.1, 0.15) is 11.6 Å². The first-order valence-electron chi connectivity index (χ1n) is 10.2. The van der Waals surface area contributed by atoms with E-state index in [9.17, 15) is 4.39 Å². The van der Waals surface area contributed by atoms with Gasteiger partial charge in [0.15, 0.2) is 0 Å². The van der Waals surface area contributed by atoms with Crippen molar-refractivity contribution >= 4 is 23.3 Å². The monoisotopic (exact) mass is 407 g/mol. The fourth-order valence-electron chi connectivity index (χ4n) is 3.65. The predicted octanol–water partition coefficient (Wildman–Crippen LogP) is 3.22. The van der Waals surface area contributed by atoms with E-state index in [-0.39, 0.29) is 11.8 Å². The van der Waals surface area contributed by atoms with Crippen molar-refractivity contribution in [2.45, 2.75) is 19.9 Å². The van der Waals surface area contributed by atoms with Crippen LogP contribution in [-0.4, -0.2) is 46.0 Å². The Kier molecular flexibility index (Phi) is 6.04. The minimum Gasteiger partial charge on any atom is -0.369 e. The average molecular weight is 407 g/mol. The summed E-state index contributed by atoms with van der Waals surface area (Å²) >= 11 is 0. The second-order valence-corrected chi connectivity index (χ2v) is 7.31. The van der Waals surface area contributed by atoms with Crippen molar-refractivity contribution in [1.82, 2.24) is 19.9 Å². The number of hydrogen-bond acceptors (Lipinski definition) is 7. The largest absolute Gasteiger partial charge is 0.369 e. The van der Waals surface area contributed by atoms with Crippen LogP contribution in [-0.2, 0) is 13.0 Å². The Balaban J connectivity index is 1.40. The van der Waals surface area contributed by atoms with Gasteiger partial charge in [-0.1, -0.05) is 25.1 Å². The number of halogens is 1. The Morgan fingerprint density at radius 3 is 2.43 bits per heavy atom. The molecule has 1 fully saturated rings. The average Bonchev–Trinajstić information content (AvgIpc) is 2.75. The number of nitrogen functional groups attached to an aromatic ring is 1. The second kappa shape index (κ2) is 9.04. The lowest BCUT2D eigenvalue weighted by Crippen LogP contribution is -2.46. The van der Waals surface area contributed by atoms with E-state index in [2.05, 4.69) is 43.1 Å². The van der Waals surface area contributed by atoms with E-state index in [1.165, 1.54) is 17.7 Å². The second-order valence-electron chi connectivity index (χ2n) is 7.31. The molecule has 156 valence electrons. The zero-order chi connectivity index (χ0) is 20.9. The van der Waals surface area contributed by atoms with Gasteiger partial charge in [0.25, 0.3) is 0 Å². The van der Waals surface area contributed by atoms with Gasteiger partial charge in [0.2, 0.25) is 11.9 Å². The van der Waals surface area contributed by atoms with E-state index in [1.807, 2.05) is 30.3 Å². The van der Waals surface area contributed by atoms with E-state index in [4.69, 9.17) is 5.73 Å². The van der Waals surface area contributed by atoms with Crippen molar-refractivity contribution in [3.05, 3.63) is 65.7 Å². The van der Waals surface area contributed by atoms with Crippen molar-refractivity contribution < 1.29 is 4.39 Å². The van der Waals surface area contributed by atoms with E-state index in [0.717, 1.165) is 44.0 Å². The molecule has 1 aliphatic heterocycles. The molecule has 2 aromatic carbocycles. The van der Waals surface area contributed by atoms with Crippen LogP contribution in [0.25, 0.3) is 0 Å². The molecule has 3 N–H and O–H groups in total. The fourth-order valence-corrected chi connectivity index (χ4v) is 3.65. The summed E-state index contributed by atoms with van der Waals surface area (Å²) in [7, 11) is 0. The molecule has 2 heterocycles. The summed E-state index contributed by atoms with van der Waals surface area (Å²) in [5.74, 6) is 1.11. The third kappa shape index (κ3) is 4.83. The van der Waals surface area contributed by atoms with Crippen LogP contribution in [0, 0.1) is 5.82 Å². The van der Waals surface area contributed by atoms with Gasteiger partial charge in [0, 0.05) is 37.6 Å². The lowest BCUT2D eigenvalue weighted by Gasteiger charge is -2.35. The summed E-state index contributed by atoms with van der Waals surface area (Å²) in [5.41, 5.74) is 9.15. The standard InChI is InChI=1S/C22H26FN7/c1-2-16-5-3-4-6-19(16)25-22-27-20(26-21(24)28-22)15-29-11-13-30(14-12-29)18-9-7-17(23)8-10-18/h3-10H,2,11-15H2,1H3,(H3,24,25,26,27,28). The molecule has 4 rings (SSSR count). The third-order valence-corrected chi connectivity index (χ3v) is 5.27. The van der Waals surface area contributed by atoms with Gasteiger partial charge in [-0.3, -0.25) is 4.90 Å². The van der Waals surface area contributed by atoms with Crippen LogP contribution in [0.1, 0.15) is 18.3 Å². The van der Waals surface area contributed by atoms with Crippen molar-refractivity contribution in [3.63, 3.8) is 0 Å². The van der Waals surface area contributed by atoms with Crippen molar-refractivity contribution in [2.24, 2.45) is 0 Å². The van der Waals surface area contributed by atoms with Gasteiger partial charge >= 0.3 is 0 Å². The van der Waals surface area contributed by atoms with Gasteiger partial charge in [0.05, 0.1) is 6.54 Å². The molecule has 0 amide bonds. The SMILES string of the molecule is CCc1ccccc1Nc1nc(N)nc(CN2CCN(c3ccc(F)cc3)CC2)n1. The van der Waals surface area contributed by atoms with E-state index >= 15 is 0 Å². The normalized spacial score (nSPS) is 14.7. The Morgan fingerprint density at radius 2 is 1.70 bits per heavy atom. The van der Waals surface area contributed by atoms with Gasteiger partial charge in [-0.15, -0.1) is 0 Å². The zero-order valence-electron chi connectivity index (χ0n) is 17.1. The summed E-state index contributed by atoms with van der Waals surface area (Å²) in [6.45, 7) is 6.17. The Bertz CT molecular complexity index is 985. The molecule has 1 aliphatic rings. The number of piperazine rings is 1. The Morgan fingerprint density at radius 1 is 0.967 bits per heavy atom. The molecule has 1 saturated heterocycles. The smallest absolute Gasteiger partial charge is 0.232 e. The van der Waals surface area contributed by atoms with Crippen LogP contribution in [0.15, 0.2) is 48.5 Å². The summed E-state index contributed by atoms with van der Waals surface area (Å²) in [5, 5.41) is 3.28. The molecule has 0 saturated carbocycles. The van der Waals surface area contributed by atoms with Crippen LogP contribution in [0.5, 0.6) is 0 Å². The first-order chi connectivity index (χ1) is 14.6. The van der Waals surface area contributed by atoms with Crippen LogP contribution < -0.4 is 16.0 Å². The molecule has 0 aliphatic carbocycles. The minimum atomic E-state index is -0.212. The molecular formula is C22H26FN7. The van der Waals surface area contributed by atoms with E-state index < -0.39 is 0 Å². The number of anilines is 4. The maximum atomic E-state index is 13.1. The maximum absolute atomic E-state index is 13.1. The Labute approximate surface area is 175 Å². The topological polar surface area (TPSA) is 83.2 Å². The Hall–Kier alpha value is -3.26. The number of para-hydroxylation sites is 1. The van der Waals surface area contributed by atoms with Crippen molar-refractivity contribution in [2.75, 3.05) is 42.1 Å². The van der Waals surface area contributed by atoms with Crippen LogP contribution >= 0.6 is 0 Å². The molecule has 3 aromatic rings. The summed E-state index contributed by atoms with van der Waals surface area (Å²) < 4.78 is 13.1. The van der Waals surface area contributed by atoms with Gasteiger partial charge in [-0.05, 0) is 42.3 Å². The highest BCUT2D eigenvalue weighted by atomic mass is 19.1. The number of rotatable bonds is 6. The molecule has 0 spiro atoms. The molecule has 7 nitrogen and oxygen atoms in total. The van der Waals surface area contributed by atoms with Crippen LogP contribution in [0.4, 0.5) is 27.7 Å². The summed E-state index contributed by atoms with van der Waals surface area (Å²) in [6, 6.07) is 14.7. The molecule has 0 radical (unpaired) electrons. The lowest BCUT2D eigenvalue weighted by molar-refractivity contribution is 0.244. The quantitative estimate of drug-likeness (QED) is 0.649. The van der Waals surface area contributed by atoms with Crippen LogP contribution in [0.3, 0.4) is 0 Å². The highest BCUT2D eigenvalue weighted by molar-refractivity contribution is 5.58. The number of aryl methyl sites for hydroxylation is 1. The van der Waals surface area contributed by atoms with E-state index in [1.54, 1.807) is 0 Å². The number of aromatic nitrogens is 3. The molecule has 0 bridgehead atoms.